The molecule has 60 valence electrons. The second-order valence-electron chi connectivity index (χ2n) is 2.69. The molecule has 0 aromatic carbocycles. The first-order chi connectivity index (χ1) is 5.04. The highest BCUT2D eigenvalue weighted by atomic mass is 15.3. The Bertz CT molecular complexity index is 261. The van der Waals surface area contributed by atoms with Crippen LogP contribution in [0.5, 0.6) is 0 Å². The van der Waals surface area contributed by atoms with Crippen molar-refractivity contribution in [3.63, 3.8) is 0 Å². The van der Waals surface area contributed by atoms with E-state index in [0.717, 1.165) is 17.0 Å². The van der Waals surface area contributed by atoms with Gasteiger partial charge in [0.25, 0.3) is 0 Å². The first kappa shape index (κ1) is 7.85. The zero-order chi connectivity index (χ0) is 8.59. The summed E-state index contributed by atoms with van der Waals surface area (Å²) in [5.74, 6) is 0.512. The fourth-order valence-corrected chi connectivity index (χ4v) is 0.929. The Kier molecular flexibility index (Phi) is 1.72. The number of hydrogen-bond acceptors (Lipinski definition) is 3. The van der Waals surface area contributed by atoms with Crippen molar-refractivity contribution in [2.24, 2.45) is 10.7 Å². The fraction of sp³-hybridized carbons (Fsp3) is 0.375. The van der Waals surface area contributed by atoms with Gasteiger partial charge in [0.1, 0.15) is 0 Å². The molecule has 0 bridgehead atoms. The Morgan fingerprint density at radius 2 is 2.00 bits per heavy atom. The highest BCUT2D eigenvalue weighted by Gasteiger charge is 2.14. The molecule has 0 atom stereocenters. The van der Waals surface area contributed by atoms with Crippen molar-refractivity contribution in [1.82, 2.24) is 4.90 Å². The number of guanidine groups is 1. The summed E-state index contributed by atoms with van der Waals surface area (Å²) >= 11 is 0. The summed E-state index contributed by atoms with van der Waals surface area (Å²) in [4.78, 5) is 5.91. The first-order valence-electron chi connectivity index (χ1n) is 3.48. The molecule has 1 aliphatic heterocycles. The van der Waals surface area contributed by atoms with Gasteiger partial charge in [-0.15, -0.1) is 0 Å². The number of rotatable bonds is 0. The van der Waals surface area contributed by atoms with Gasteiger partial charge in [0.15, 0.2) is 0 Å². The zero-order valence-corrected chi connectivity index (χ0v) is 7.18. The lowest BCUT2D eigenvalue weighted by molar-refractivity contribution is 0.599. The van der Waals surface area contributed by atoms with Crippen LogP contribution in [-0.4, -0.2) is 17.9 Å². The molecule has 1 aliphatic rings. The predicted octanol–water partition coefficient (Wildman–Crippen LogP) is 1.05. The molecule has 0 spiro atoms. The minimum atomic E-state index is 0.512. The van der Waals surface area contributed by atoms with Crippen LogP contribution in [0.3, 0.4) is 0 Å². The summed E-state index contributed by atoms with van der Waals surface area (Å²) in [6, 6.07) is 0. The molecule has 0 saturated heterocycles. The van der Waals surface area contributed by atoms with Crippen molar-refractivity contribution >= 4 is 5.96 Å². The van der Waals surface area contributed by atoms with Crippen LogP contribution >= 0.6 is 0 Å². The highest BCUT2D eigenvalue weighted by molar-refractivity contribution is 5.82. The average Bonchev–Trinajstić information content (AvgIpc) is 1.97. The van der Waals surface area contributed by atoms with Crippen molar-refractivity contribution in [2.45, 2.75) is 13.8 Å². The van der Waals surface area contributed by atoms with Gasteiger partial charge in [-0.2, -0.15) is 0 Å². The van der Waals surface area contributed by atoms with E-state index >= 15 is 0 Å². The van der Waals surface area contributed by atoms with Crippen molar-refractivity contribution in [3.8, 4) is 0 Å². The molecule has 1 heterocycles. The lowest BCUT2D eigenvalue weighted by atomic mass is 10.1. The van der Waals surface area contributed by atoms with E-state index in [4.69, 9.17) is 5.73 Å². The number of aliphatic imine (C=N–C) groups is 1. The monoisotopic (exact) mass is 151 g/mol. The Morgan fingerprint density at radius 3 is 2.55 bits per heavy atom. The largest absolute Gasteiger partial charge is 0.369 e. The molecule has 0 aromatic rings. The molecule has 0 radical (unpaired) electrons. The van der Waals surface area contributed by atoms with Gasteiger partial charge < -0.3 is 10.6 Å². The molecule has 0 aromatic heterocycles. The molecule has 0 saturated carbocycles. The second-order valence-corrected chi connectivity index (χ2v) is 2.69. The van der Waals surface area contributed by atoms with Gasteiger partial charge in [-0.05, 0) is 19.4 Å². The first-order valence-corrected chi connectivity index (χ1v) is 3.48. The predicted molar refractivity (Wildman–Crippen MR) is 46.9 cm³/mol. The molecule has 11 heavy (non-hydrogen) atoms. The van der Waals surface area contributed by atoms with Crippen LogP contribution in [0.2, 0.25) is 0 Å². The Hall–Kier alpha value is -1.25. The number of hydrogen-bond donors (Lipinski definition) is 1. The van der Waals surface area contributed by atoms with E-state index in [1.807, 2.05) is 25.8 Å². The van der Waals surface area contributed by atoms with Crippen LogP contribution in [0.25, 0.3) is 0 Å². The maximum absolute atomic E-state index is 5.60. The molecule has 0 unspecified atom stereocenters. The summed E-state index contributed by atoms with van der Waals surface area (Å²) in [5.41, 5.74) is 8.58. The normalized spacial score (nSPS) is 19.0. The third-order valence-corrected chi connectivity index (χ3v) is 2.07. The Balaban J connectivity index is 3.08. The van der Waals surface area contributed by atoms with Crippen LogP contribution in [0.4, 0.5) is 0 Å². The van der Waals surface area contributed by atoms with E-state index in [1.54, 1.807) is 0 Å². The van der Waals surface area contributed by atoms with Crippen LogP contribution in [0.1, 0.15) is 13.8 Å². The molecule has 0 aliphatic carbocycles. The summed E-state index contributed by atoms with van der Waals surface area (Å²) in [6.07, 6.45) is 0. The number of nitrogens with two attached hydrogens (primary N) is 1. The van der Waals surface area contributed by atoms with Gasteiger partial charge in [-0.25, -0.2) is 4.99 Å². The number of nitrogens with zero attached hydrogens (tertiary/aromatic N) is 2. The maximum atomic E-state index is 5.60. The summed E-state index contributed by atoms with van der Waals surface area (Å²) in [6.45, 7) is 7.77. The van der Waals surface area contributed by atoms with Crippen LogP contribution < -0.4 is 5.73 Å². The van der Waals surface area contributed by atoms with Gasteiger partial charge in [0.2, 0.25) is 5.96 Å². The summed E-state index contributed by atoms with van der Waals surface area (Å²) < 4.78 is 0. The lowest BCUT2D eigenvalue weighted by Gasteiger charge is -2.25. The maximum Gasteiger partial charge on any atom is 0.200 e. The van der Waals surface area contributed by atoms with E-state index in [1.165, 1.54) is 0 Å². The number of allylic oxidation sites excluding steroid dienone is 2. The molecule has 2 N–H and O–H groups in total. The van der Waals surface area contributed by atoms with E-state index in [-0.39, 0.29) is 0 Å². The quantitative estimate of drug-likeness (QED) is 0.562. The smallest absolute Gasteiger partial charge is 0.200 e. The molecular weight excluding hydrogens is 138 g/mol. The van der Waals surface area contributed by atoms with Gasteiger partial charge in [0, 0.05) is 12.7 Å². The topological polar surface area (TPSA) is 41.6 Å². The van der Waals surface area contributed by atoms with Crippen molar-refractivity contribution in [3.05, 3.63) is 23.5 Å². The van der Waals surface area contributed by atoms with Gasteiger partial charge >= 0.3 is 0 Å². The third kappa shape index (κ3) is 1.13. The average molecular weight is 151 g/mol. The van der Waals surface area contributed by atoms with Crippen molar-refractivity contribution in [1.29, 1.82) is 0 Å². The molecule has 3 nitrogen and oxygen atoms in total. The standard InChI is InChI=1S/C8H13N3/c1-5-6(2)10-8(9)11(4)7(5)3/h2H2,1,3-4H3,(H2,9,10). The molecular formula is C8H13N3. The molecule has 3 heteroatoms. The molecule has 0 amide bonds. The molecule has 1 rings (SSSR count). The highest BCUT2D eigenvalue weighted by Crippen LogP contribution is 2.20. The van der Waals surface area contributed by atoms with Crippen LogP contribution in [0, 0.1) is 0 Å². The minimum Gasteiger partial charge on any atom is -0.369 e. The summed E-state index contributed by atoms with van der Waals surface area (Å²) in [7, 11) is 1.89. The lowest BCUT2D eigenvalue weighted by Crippen LogP contribution is -2.35. The van der Waals surface area contributed by atoms with E-state index in [0.29, 0.717) is 5.96 Å². The minimum absolute atomic E-state index is 0.512. The van der Waals surface area contributed by atoms with E-state index in [9.17, 15) is 0 Å². The molecule has 0 fully saturated rings. The van der Waals surface area contributed by atoms with Crippen molar-refractivity contribution in [2.75, 3.05) is 7.05 Å². The van der Waals surface area contributed by atoms with E-state index < -0.39 is 0 Å². The third-order valence-electron chi connectivity index (χ3n) is 2.07. The fourth-order valence-electron chi connectivity index (χ4n) is 0.929. The Morgan fingerprint density at radius 1 is 1.45 bits per heavy atom. The summed E-state index contributed by atoms with van der Waals surface area (Å²) in [5, 5.41) is 0. The van der Waals surface area contributed by atoms with Gasteiger partial charge in [-0.1, -0.05) is 6.58 Å². The van der Waals surface area contributed by atoms with E-state index in [2.05, 4.69) is 11.6 Å². The van der Waals surface area contributed by atoms with Gasteiger partial charge in [-0.3, -0.25) is 0 Å². The van der Waals surface area contributed by atoms with Gasteiger partial charge in [0.05, 0.1) is 5.70 Å². The van der Waals surface area contributed by atoms with Crippen LogP contribution in [-0.2, 0) is 0 Å². The SMILES string of the molecule is C=C1N=C(N)N(C)C(C)=C1C. The van der Waals surface area contributed by atoms with Crippen LogP contribution in [0.15, 0.2) is 28.5 Å². The Labute approximate surface area is 66.9 Å². The van der Waals surface area contributed by atoms with Crippen molar-refractivity contribution < 1.29 is 0 Å². The second kappa shape index (κ2) is 2.42. The zero-order valence-electron chi connectivity index (χ0n) is 7.18.